The monoisotopic (exact) mass is 219 g/mol. The van der Waals surface area contributed by atoms with Crippen LogP contribution in [-0.2, 0) is 5.41 Å². The van der Waals surface area contributed by atoms with Crippen LogP contribution in [0.5, 0.6) is 0 Å². The van der Waals surface area contributed by atoms with E-state index in [9.17, 15) is 4.39 Å². The van der Waals surface area contributed by atoms with Gasteiger partial charge in [-0.3, -0.25) is 0 Å². The average Bonchev–Trinajstić information content (AvgIpc) is 2.70. The van der Waals surface area contributed by atoms with Crippen LogP contribution in [0.15, 0.2) is 24.3 Å². The van der Waals surface area contributed by atoms with Gasteiger partial charge in [-0.2, -0.15) is 0 Å². The Morgan fingerprint density at radius 1 is 1.25 bits per heavy atom. The SMILES string of the molecule is Fc1cccc(C2(C3CCCN3)CCC2)c1. The summed E-state index contributed by atoms with van der Waals surface area (Å²) in [6, 6.07) is 7.79. The summed E-state index contributed by atoms with van der Waals surface area (Å²) in [7, 11) is 0. The maximum atomic E-state index is 13.3. The third-order valence-corrected chi connectivity index (χ3v) is 4.37. The van der Waals surface area contributed by atoms with E-state index in [-0.39, 0.29) is 11.2 Å². The van der Waals surface area contributed by atoms with Crippen LogP contribution >= 0.6 is 0 Å². The molecule has 1 nitrogen and oxygen atoms in total. The van der Waals surface area contributed by atoms with Gasteiger partial charge in [0.05, 0.1) is 0 Å². The molecule has 2 aliphatic rings. The van der Waals surface area contributed by atoms with Gasteiger partial charge in [0.1, 0.15) is 5.82 Å². The van der Waals surface area contributed by atoms with Crippen LogP contribution in [0, 0.1) is 5.82 Å². The number of hydrogen-bond acceptors (Lipinski definition) is 1. The molecule has 1 aromatic carbocycles. The summed E-state index contributed by atoms with van der Waals surface area (Å²) in [5.74, 6) is -0.0956. The van der Waals surface area contributed by atoms with Crippen molar-refractivity contribution in [2.24, 2.45) is 0 Å². The van der Waals surface area contributed by atoms with E-state index in [1.165, 1.54) is 43.7 Å². The van der Waals surface area contributed by atoms with E-state index >= 15 is 0 Å². The number of benzene rings is 1. The molecule has 1 aliphatic carbocycles. The van der Waals surface area contributed by atoms with Crippen molar-refractivity contribution in [2.45, 2.75) is 43.6 Å². The molecule has 86 valence electrons. The molecule has 1 saturated heterocycles. The van der Waals surface area contributed by atoms with Gasteiger partial charge in [0.2, 0.25) is 0 Å². The van der Waals surface area contributed by atoms with Crippen LogP contribution in [0.3, 0.4) is 0 Å². The van der Waals surface area contributed by atoms with Crippen LogP contribution in [0.25, 0.3) is 0 Å². The molecule has 1 aromatic rings. The van der Waals surface area contributed by atoms with Crippen molar-refractivity contribution < 1.29 is 4.39 Å². The Hall–Kier alpha value is -0.890. The first kappa shape index (κ1) is 10.3. The molecule has 1 heterocycles. The lowest BCUT2D eigenvalue weighted by Crippen LogP contribution is -2.50. The van der Waals surface area contributed by atoms with Gasteiger partial charge in [-0.1, -0.05) is 18.6 Å². The fraction of sp³-hybridized carbons (Fsp3) is 0.571. The van der Waals surface area contributed by atoms with Crippen molar-refractivity contribution in [1.82, 2.24) is 5.32 Å². The highest BCUT2D eigenvalue weighted by atomic mass is 19.1. The summed E-state index contributed by atoms with van der Waals surface area (Å²) in [6.45, 7) is 1.13. The summed E-state index contributed by atoms with van der Waals surface area (Å²) >= 11 is 0. The van der Waals surface area contributed by atoms with E-state index in [0.29, 0.717) is 6.04 Å². The van der Waals surface area contributed by atoms with Crippen LogP contribution in [-0.4, -0.2) is 12.6 Å². The Bertz CT molecular complexity index is 378. The minimum atomic E-state index is -0.0956. The first-order valence-electron chi connectivity index (χ1n) is 6.31. The maximum absolute atomic E-state index is 13.3. The standard InChI is InChI=1S/C14H18FN/c15-12-5-1-4-11(10-12)14(7-3-8-14)13-6-2-9-16-13/h1,4-5,10,13,16H,2-3,6-9H2. The van der Waals surface area contributed by atoms with Crippen LogP contribution < -0.4 is 5.32 Å². The molecule has 0 spiro atoms. The van der Waals surface area contributed by atoms with E-state index in [2.05, 4.69) is 11.4 Å². The van der Waals surface area contributed by atoms with E-state index < -0.39 is 0 Å². The zero-order chi connectivity index (χ0) is 11.0. The predicted molar refractivity (Wildman–Crippen MR) is 63.0 cm³/mol. The van der Waals surface area contributed by atoms with Gasteiger partial charge in [-0.15, -0.1) is 0 Å². The van der Waals surface area contributed by atoms with Gasteiger partial charge in [0.15, 0.2) is 0 Å². The van der Waals surface area contributed by atoms with Gasteiger partial charge >= 0.3 is 0 Å². The second kappa shape index (κ2) is 3.85. The molecule has 1 N–H and O–H groups in total. The highest BCUT2D eigenvalue weighted by Crippen LogP contribution is 2.48. The van der Waals surface area contributed by atoms with E-state index in [1.807, 2.05) is 6.07 Å². The zero-order valence-electron chi connectivity index (χ0n) is 9.51. The Labute approximate surface area is 96.1 Å². The fourth-order valence-electron chi connectivity index (χ4n) is 3.35. The largest absolute Gasteiger partial charge is 0.313 e. The molecular weight excluding hydrogens is 201 g/mol. The molecule has 1 unspecified atom stereocenters. The van der Waals surface area contributed by atoms with Crippen molar-refractivity contribution in [1.29, 1.82) is 0 Å². The topological polar surface area (TPSA) is 12.0 Å². The van der Waals surface area contributed by atoms with Crippen molar-refractivity contribution >= 4 is 0 Å². The first-order chi connectivity index (χ1) is 7.81. The number of rotatable bonds is 2. The van der Waals surface area contributed by atoms with Crippen LogP contribution in [0.1, 0.15) is 37.7 Å². The fourth-order valence-corrected chi connectivity index (χ4v) is 3.35. The van der Waals surface area contributed by atoms with E-state index in [1.54, 1.807) is 6.07 Å². The molecule has 0 amide bonds. The first-order valence-corrected chi connectivity index (χ1v) is 6.31. The van der Waals surface area contributed by atoms with Gasteiger partial charge in [-0.05, 0) is 49.9 Å². The van der Waals surface area contributed by atoms with E-state index in [0.717, 1.165) is 6.54 Å². The van der Waals surface area contributed by atoms with Gasteiger partial charge in [0.25, 0.3) is 0 Å². The molecule has 0 bridgehead atoms. The molecule has 2 heteroatoms. The number of nitrogens with one attached hydrogen (secondary N) is 1. The van der Waals surface area contributed by atoms with Crippen molar-refractivity contribution in [2.75, 3.05) is 6.54 Å². The summed E-state index contributed by atoms with van der Waals surface area (Å²) < 4.78 is 13.3. The summed E-state index contributed by atoms with van der Waals surface area (Å²) in [4.78, 5) is 0. The minimum absolute atomic E-state index is 0.0956. The maximum Gasteiger partial charge on any atom is 0.123 e. The lowest BCUT2D eigenvalue weighted by atomic mass is 9.60. The lowest BCUT2D eigenvalue weighted by Gasteiger charge is -2.47. The molecular formula is C14H18FN. The molecule has 16 heavy (non-hydrogen) atoms. The van der Waals surface area contributed by atoms with Crippen molar-refractivity contribution in [3.8, 4) is 0 Å². The quantitative estimate of drug-likeness (QED) is 0.806. The summed E-state index contributed by atoms with van der Waals surface area (Å²) in [5, 5.41) is 3.59. The molecule has 0 radical (unpaired) electrons. The lowest BCUT2D eigenvalue weighted by molar-refractivity contribution is 0.181. The van der Waals surface area contributed by atoms with Gasteiger partial charge in [-0.25, -0.2) is 4.39 Å². The molecule has 1 saturated carbocycles. The van der Waals surface area contributed by atoms with E-state index in [4.69, 9.17) is 0 Å². The third-order valence-electron chi connectivity index (χ3n) is 4.37. The molecule has 2 fully saturated rings. The Balaban J connectivity index is 1.94. The summed E-state index contributed by atoms with van der Waals surface area (Å²) in [6.07, 6.45) is 6.23. The Morgan fingerprint density at radius 3 is 2.69 bits per heavy atom. The molecule has 3 rings (SSSR count). The van der Waals surface area contributed by atoms with Crippen LogP contribution in [0.2, 0.25) is 0 Å². The predicted octanol–water partition coefficient (Wildman–Crippen LogP) is 3.00. The molecule has 0 aromatic heterocycles. The minimum Gasteiger partial charge on any atom is -0.313 e. The van der Waals surface area contributed by atoms with Crippen molar-refractivity contribution in [3.05, 3.63) is 35.6 Å². The highest BCUT2D eigenvalue weighted by molar-refractivity contribution is 5.31. The summed E-state index contributed by atoms with van der Waals surface area (Å²) in [5.41, 5.74) is 1.44. The second-order valence-corrected chi connectivity index (χ2v) is 5.17. The number of halogens is 1. The van der Waals surface area contributed by atoms with Gasteiger partial charge in [0, 0.05) is 11.5 Å². The Morgan fingerprint density at radius 2 is 2.12 bits per heavy atom. The second-order valence-electron chi connectivity index (χ2n) is 5.17. The van der Waals surface area contributed by atoms with Crippen molar-refractivity contribution in [3.63, 3.8) is 0 Å². The Kier molecular flexibility index (Phi) is 2.47. The zero-order valence-corrected chi connectivity index (χ0v) is 9.51. The molecule has 1 aliphatic heterocycles. The smallest absolute Gasteiger partial charge is 0.123 e. The number of hydrogen-bond donors (Lipinski definition) is 1. The normalized spacial score (nSPS) is 27.7. The highest BCUT2D eigenvalue weighted by Gasteiger charge is 2.46. The average molecular weight is 219 g/mol. The van der Waals surface area contributed by atoms with Crippen LogP contribution in [0.4, 0.5) is 4.39 Å². The van der Waals surface area contributed by atoms with Gasteiger partial charge < -0.3 is 5.32 Å². The third kappa shape index (κ3) is 1.47. The molecule has 1 atom stereocenters.